The Morgan fingerprint density at radius 3 is 3.18 bits per heavy atom. The van der Waals surface area contributed by atoms with Gasteiger partial charge in [-0.25, -0.2) is 0 Å². The molecule has 1 amide bonds. The summed E-state index contributed by atoms with van der Waals surface area (Å²) in [5, 5.41) is 2.50. The van der Waals surface area contributed by atoms with Gasteiger partial charge < -0.3 is 10.1 Å². The fraction of sp³-hybridized carbons (Fsp3) is 0.125. The van der Waals surface area contributed by atoms with E-state index in [1.807, 2.05) is 0 Å². The van der Waals surface area contributed by atoms with E-state index < -0.39 is 0 Å². The van der Waals surface area contributed by atoms with Crippen LogP contribution in [-0.4, -0.2) is 13.5 Å². The van der Waals surface area contributed by atoms with Gasteiger partial charge in [0.1, 0.15) is 5.75 Å². The molecule has 0 aromatic heterocycles. The van der Waals surface area contributed by atoms with Gasteiger partial charge in [0.2, 0.25) is 6.41 Å². The van der Waals surface area contributed by atoms with Crippen molar-refractivity contribution >= 4 is 12.1 Å². The molecule has 57 valence electrons. The van der Waals surface area contributed by atoms with Gasteiger partial charge >= 0.3 is 0 Å². The van der Waals surface area contributed by atoms with Crippen molar-refractivity contribution in [3.05, 3.63) is 24.3 Å². The van der Waals surface area contributed by atoms with Crippen molar-refractivity contribution in [1.82, 2.24) is 0 Å². The molecule has 0 spiro atoms. The Kier molecular flexibility index (Phi) is 2.49. The molecule has 0 unspecified atom stereocenters. The minimum atomic E-state index is 0.609. The molecule has 0 saturated carbocycles. The lowest BCUT2D eigenvalue weighted by atomic mass is 10.3. The van der Waals surface area contributed by atoms with E-state index in [1.165, 1.54) is 0 Å². The van der Waals surface area contributed by atoms with Gasteiger partial charge in [-0.2, -0.15) is 0 Å². The van der Waals surface area contributed by atoms with Crippen LogP contribution in [0, 0.1) is 6.07 Å². The Bertz CT molecular complexity index is 248. The van der Waals surface area contributed by atoms with Crippen LogP contribution in [0.25, 0.3) is 0 Å². The Hall–Kier alpha value is -1.51. The molecule has 1 N–H and O–H groups in total. The molecule has 1 aromatic rings. The average Bonchev–Trinajstić information content (AvgIpc) is 2.06. The Labute approximate surface area is 65.0 Å². The third kappa shape index (κ3) is 1.70. The van der Waals surface area contributed by atoms with E-state index in [-0.39, 0.29) is 0 Å². The van der Waals surface area contributed by atoms with Crippen LogP contribution in [0.15, 0.2) is 18.2 Å². The largest absolute Gasteiger partial charge is 0.495 e. The number of methoxy groups -OCH3 is 1. The highest BCUT2D eigenvalue weighted by molar-refractivity contribution is 5.75. The van der Waals surface area contributed by atoms with Crippen LogP contribution >= 0.6 is 0 Å². The van der Waals surface area contributed by atoms with Crippen molar-refractivity contribution in [3.8, 4) is 5.75 Å². The highest BCUT2D eigenvalue weighted by Crippen LogP contribution is 2.21. The summed E-state index contributed by atoms with van der Waals surface area (Å²) in [6, 6.07) is 7.91. The summed E-state index contributed by atoms with van der Waals surface area (Å²) in [6.07, 6.45) is 0.609. The number of hydrogen-bond acceptors (Lipinski definition) is 2. The summed E-state index contributed by atoms with van der Waals surface area (Å²) in [5.74, 6) is 0.611. The van der Waals surface area contributed by atoms with Crippen molar-refractivity contribution in [2.45, 2.75) is 0 Å². The van der Waals surface area contributed by atoms with Crippen LogP contribution in [0.2, 0.25) is 0 Å². The van der Waals surface area contributed by atoms with Crippen LogP contribution in [0.5, 0.6) is 5.75 Å². The second kappa shape index (κ2) is 3.61. The number of anilines is 1. The molecule has 3 nitrogen and oxygen atoms in total. The zero-order chi connectivity index (χ0) is 8.10. The van der Waals surface area contributed by atoms with Crippen LogP contribution < -0.4 is 10.1 Å². The first-order valence-electron chi connectivity index (χ1n) is 3.12. The van der Waals surface area contributed by atoms with Crippen LogP contribution in [0.1, 0.15) is 0 Å². The maximum absolute atomic E-state index is 10.1. The standard InChI is InChI=1S/C8H8NO2/c1-11-8-5-3-2-4-7(8)9-6-10/h2,4-6H,1H3,(H,9,10). The first kappa shape index (κ1) is 7.60. The predicted molar refractivity (Wildman–Crippen MR) is 41.5 cm³/mol. The molecule has 0 fully saturated rings. The maximum Gasteiger partial charge on any atom is 0.211 e. The fourth-order valence-electron chi connectivity index (χ4n) is 0.767. The third-order valence-electron chi connectivity index (χ3n) is 1.26. The van der Waals surface area contributed by atoms with Gasteiger partial charge in [-0.15, -0.1) is 0 Å². The number of hydrogen-bond donors (Lipinski definition) is 1. The van der Waals surface area contributed by atoms with Gasteiger partial charge in [-0.3, -0.25) is 4.79 Å². The molecule has 1 radical (unpaired) electrons. The quantitative estimate of drug-likeness (QED) is 0.654. The van der Waals surface area contributed by atoms with Crippen molar-refractivity contribution in [2.75, 3.05) is 12.4 Å². The van der Waals surface area contributed by atoms with Crippen LogP contribution in [-0.2, 0) is 4.79 Å². The number of carbonyl (C=O) groups is 1. The fourth-order valence-corrected chi connectivity index (χ4v) is 0.767. The van der Waals surface area contributed by atoms with E-state index in [9.17, 15) is 4.79 Å². The maximum atomic E-state index is 10.1. The Balaban J connectivity index is 2.92. The topological polar surface area (TPSA) is 38.3 Å². The lowest BCUT2D eigenvalue weighted by Gasteiger charge is -2.04. The average molecular weight is 150 g/mol. The van der Waals surface area contributed by atoms with Gasteiger partial charge in [0.05, 0.1) is 12.8 Å². The number of nitrogens with one attached hydrogen (secondary N) is 1. The summed E-state index contributed by atoms with van der Waals surface area (Å²) < 4.78 is 4.95. The number of carbonyl (C=O) groups excluding carboxylic acids is 1. The molecule has 0 bridgehead atoms. The van der Waals surface area contributed by atoms with E-state index in [2.05, 4.69) is 11.4 Å². The predicted octanol–water partition coefficient (Wildman–Crippen LogP) is 1.06. The monoisotopic (exact) mass is 150 g/mol. The third-order valence-corrected chi connectivity index (χ3v) is 1.26. The van der Waals surface area contributed by atoms with Crippen molar-refractivity contribution in [2.24, 2.45) is 0 Å². The summed E-state index contributed by atoms with van der Waals surface area (Å²) in [7, 11) is 1.54. The normalized spacial score (nSPS) is 8.82. The zero-order valence-corrected chi connectivity index (χ0v) is 6.13. The van der Waals surface area contributed by atoms with Crippen molar-refractivity contribution in [1.29, 1.82) is 0 Å². The Morgan fingerprint density at radius 1 is 1.73 bits per heavy atom. The molecule has 0 aliphatic heterocycles. The summed E-state index contributed by atoms with van der Waals surface area (Å²) >= 11 is 0. The molecule has 11 heavy (non-hydrogen) atoms. The SMILES string of the molecule is COc1c[c]ccc1NC=O. The smallest absolute Gasteiger partial charge is 0.211 e. The van der Waals surface area contributed by atoms with E-state index in [0.29, 0.717) is 17.8 Å². The first-order chi connectivity index (χ1) is 5.38. The number of ether oxygens (including phenoxy) is 1. The molecule has 0 aliphatic rings. The first-order valence-corrected chi connectivity index (χ1v) is 3.12. The molecule has 0 aliphatic carbocycles. The van der Waals surface area contributed by atoms with Crippen molar-refractivity contribution < 1.29 is 9.53 Å². The van der Waals surface area contributed by atoms with E-state index in [4.69, 9.17) is 4.74 Å². The van der Waals surface area contributed by atoms with E-state index >= 15 is 0 Å². The molecule has 1 aromatic carbocycles. The summed E-state index contributed by atoms with van der Waals surface area (Å²) in [5.41, 5.74) is 0.654. The van der Waals surface area contributed by atoms with Crippen molar-refractivity contribution in [3.63, 3.8) is 0 Å². The molecule has 0 atom stereocenters. The minimum absolute atomic E-state index is 0.609. The second-order valence-electron chi connectivity index (χ2n) is 1.89. The highest BCUT2D eigenvalue weighted by atomic mass is 16.5. The summed E-state index contributed by atoms with van der Waals surface area (Å²) in [6.45, 7) is 0. The van der Waals surface area contributed by atoms with Gasteiger partial charge in [-0.1, -0.05) is 6.07 Å². The number of rotatable bonds is 3. The zero-order valence-electron chi connectivity index (χ0n) is 6.13. The van der Waals surface area contributed by atoms with Gasteiger partial charge in [0, 0.05) is 0 Å². The highest BCUT2D eigenvalue weighted by Gasteiger charge is 1.97. The second-order valence-corrected chi connectivity index (χ2v) is 1.89. The molecule has 0 saturated heterocycles. The van der Waals surface area contributed by atoms with E-state index in [0.717, 1.165) is 0 Å². The van der Waals surface area contributed by atoms with Gasteiger partial charge in [0.15, 0.2) is 0 Å². The summed E-state index contributed by atoms with van der Waals surface area (Å²) in [4.78, 5) is 10.1. The number of amides is 1. The Morgan fingerprint density at radius 2 is 2.55 bits per heavy atom. The lowest BCUT2D eigenvalue weighted by Crippen LogP contribution is -1.96. The van der Waals surface area contributed by atoms with E-state index in [1.54, 1.807) is 25.3 Å². The number of benzene rings is 1. The molecular formula is C8H8NO2. The lowest BCUT2D eigenvalue weighted by molar-refractivity contribution is -0.105. The molecular weight excluding hydrogens is 142 g/mol. The van der Waals surface area contributed by atoms with Crippen LogP contribution in [0.4, 0.5) is 5.69 Å². The molecule has 0 heterocycles. The van der Waals surface area contributed by atoms with Gasteiger partial charge in [0.25, 0.3) is 0 Å². The minimum Gasteiger partial charge on any atom is -0.495 e. The van der Waals surface area contributed by atoms with Crippen LogP contribution in [0.3, 0.4) is 0 Å². The van der Waals surface area contributed by atoms with Gasteiger partial charge in [-0.05, 0) is 18.2 Å². The molecule has 3 heteroatoms. The molecule has 1 rings (SSSR count).